The second kappa shape index (κ2) is 9.89. The van der Waals surface area contributed by atoms with Gasteiger partial charge in [0.25, 0.3) is 5.91 Å². The van der Waals surface area contributed by atoms with Crippen LogP contribution in [0.2, 0.25) is 5.02 Å². The number of aromatic nitrogens is 2. The molecule has 0 radical (unpaired) electrons. The molecule has 2 aromatic heterocycles. The van der Waals surface area contributed by atoms with Gasteiger partial charge in [0.05, 0.1) is 15.4 Å². The molecule has 0 spiro atoms. The average molecular weight is 541 g/mol. The molecule has 10 heteroatoms. The van der Waals surface area contributed by atoms with Crippen molar-refractivity contribution in [3.8, 4) is 0 Å². The third-order valence-corrected chi connectivity index (χ3v) is 9.73. The van der Waals surface area contributed by atoms with Crippen molar-refractivity contribution in [1.82, 2.24) is 14.3 Å². The highest BCUT2D eigenvalue weighted by molar-refractivity contribution is 7.89. The zero-order valence-electron chi connectivity index (χ0n) is 19.9. The molecule has 4 aromatic rings. The fraction of sp³-hybridized carbons (Fsp3) is 0.269. The number of benzene rings is 2. The molecule has 0 atom stereocenters. The third kappa shape index (κ3) is 5.01. The van der Waals surface area contributed by atoms with Gasteiger partial charge in [-0.25, -0.2) is 13.4 Å². The number of hydrogen-bond donors (Lipinski definition) is 1. The van der Waals surface area contributed by atoms with E-state index in [1.165, 1.54) is 21.7 Å². The molecule has 1 aliphatic rings. The van der Waals surface area contributed by atoms with E-state index in [9.17, 15) is 13.2 Å². The summed E-state index contributed by atoms with van der Waals surface area (Å²) in [6.07, 6.45) is 1.29. The maximum absolute atomic E-state index is 13.1. The van der Waals surface area contributed by atoms with Gasteiger partial charge in [0.1, 0.15) is 5.69 Å². The SMILES string of the molecule is Cc1ccc2cc(NC(=O)c3csc(C4CCN(S(=O)(=O)c5ccc(C)c(Cl)c5)CC4)n3)ccc2n1. The third-order valence-electron chi connectivity index (χ3n) is 6.43. The molecule has 1 aliphatic heterocycles. The molecule has 1 fully saturated rings. The average Bonchev–Trinajstić information content (AvgIpc) is 3.36. The van der Waals surface area contributed by atoms with E-state index in [0.717, 1.165) is 27.2 Å². The summed E-state index contributed by atoms with van der Waals surface area (Å²) in [6, 6.07) is 14.4. The first-order valence-electron chi connectivity index (χ1n) is 11.6. The molecule has 2 aromatic carbocycles. The number of halogens is 1. The van der Waals surface area contributed by atoms with Crippen LogP contribution in [0.15, 0.2) is 58.8 Å². The molecule has 186 valence electrons. The van der Waals surface area contributed by atoms with E-state index in [0.29, 0.717) is 42.3 Å². The molecule has 0 bridgehead atoms. The van der Waals surface area contributed by atoms with Crippen LogP contribution in [-0.4, -0.2) is 41.7 Å². The Balaban J connectivity index is 1.23. The highest BCUT2D eigenvalue weighted by atomic mass is 35.5. The van der Waals surface area contributed by atoms with Crippen LogP contribution in [0.25, 0.3) is 10.9 Å². The quantitative estimate of drug-likeness (QED) is 0.346. The predicted octanol–water partition coefficient (Wildman–Crippen LogP) is 5.78. The number of carbonyl (C=O) groups is 1. The van der Waals surface area contributed by atoms with E-state index in [2.05, 4.69) is 15.3 Å². The number of carbonyl (C=O) groups excluding carboxylic acids is 1. The lowest BCUT2D eigenvalue weighted by atomic mass is 9.99. The highest BCUT2D eigenvalue weighted by Gasteiger charge is 2.31. The number of fused-ring (bicyclic) bond motifs is 1. The Kier molecular flexibility index (Phi) is 6.82. The Morgan fingerprint density at radius 2 is 1.83 bits per heavy atom. The number of aryl methyl sites for hydroxylation is 2. The first kappa shape index (κ1) is 24.8. The highest BCUT2D eigenvalue weighted by Crippen LogP contribution is 2.33. The van der Waals surface area contributed by atoms with Crippen LogP contribution < -0.4 is 5.32 Å². The van der Waals surface area contributed by atoms with Crippen molar-refractivity contribution in [1.29, 1.82) is 0 Å². The van der Waals surface area contributed by atoms with Gasteiger partial charge in [-0.15, -0.1) is 11.3 Å². The first-order valence-corrected chi connectivity index (χ1v) is 14.3. The van der Waals surface area contributed by atoms with Crippen molar-refractivity contribution in [2.45, 2.75) is 37.5 Å². The lowest BCUT2D eigenvalue weighted by Crippen LogP contribution is -2.37. The van der Waals surface area contributed by atoms with Gasteiger partial charge in [-0.05, 0) is 68.7 Å². The minimum atomic E-state index is -3.60. The second-order valence-electron chi connectivity index (χ2n) is 8.97. The minimum absolute atomic E-state index is 0.111. The van der Waals surface area contributed by atoms with Gasteiger partial charge in [-0.1, -0.05) is 23.7 Å². The second-order valence-corrected chi connectivity index (χ2v) is 12.2. The lowest BCUT2D eigenvalue weighted by Gasteiger charge is -2.30. The molecular formula is C26H25ClN4O3S2. The van der Waals surface area contributed by atoms with Gasteiger partial charge in [0.2, 0.25) is 10.0 Å². The molecule has 1 amide bonds. The normalized spacial score (nSPS) is 15.3. The molecule has 36 heavy (non-hydrogen) atoms. The van der Waals surface area contributed by atoms with E-state index in [1.807, 2.05) is 44.2 Å². The van der Waals surface area contributed by atoms with Gasteiger partial charge in [-0.3, -0.25) is 9.78 Å². The van der Waals surface area contributed by atoms with Crippen molar-refractivity contribution < 1.29 is 13.2 Å². The van der Waals surface area contributed by atoms with Crippen molar-refractivity contribution in [3.63, 3.8) is 0 Å². The summed E-state index contributed by atoms with van der Waals surface area (Å²) in [4.78, 5) is 22.1. The van der Waals surface area contributed by atoms with Gasteiger partial charge >= 0.3 is 0 Å². The van der Waals surface area contributed by atoms with Crippen LogP contribution in [0.5, 0.6) is 0 Å². The standard InChI is InChI=1S/C26H25ClN4O3S2/c1-16-3-7-21(14-22(16)27)36(33,34)31-11-9-18(10-12-31)26-30-24(15-35-26)25(32)29-20-6-8-23-19(13-20)5-4-17(2)28-23/h3-8,13-15,18H,9-12H2,1-2H3,(H,29,32). The summed E-state index contributed by atoms with van der Waals surface area (Å²) in [6.45, 7) is 4.57. The summed E-state index contributed by atoms with van der Waals surface area (Å²) < 4.78 is 27.6. The van der Waals surface area contributed by atoms with Crippen molar-refractivity contribution in [3.05, 3.63) is 80.9 Å². The number of piperidine rings is 1. The number of thiazole rings is 1. The Bertz CT molecular complexity index is 1560. The number of rotatable bonds is 5. The molecule has 0 aliphatic carbocycles. The maximum atomic E-state index is 13.1. The van der Waals surface area contributed by atoms with Crippen molar-refractivity contribution >= 4 is 55.5 Å². The van der Waals surface area contributed by atoms with Crippen LogP contribution in [0.4, 0.5) is 5.69 Å². The van der Waals surface area contributed by atoms with Gasteiger partial charge in [-0.2, -0.15) is 4.31 Å². The monoisotopic (exact) mass is 540 g/mol. The molecular weight excluding hydrogens is 516 g/mol. The van der Waals surface area contributed by atoms with E-state index in [-0.39, 0.29) is 16.7 Å². The Labute approximate surface area is 219 Å². The molecule has 7 nitrogen and oxygen atoms in total. The van der Waals surface area contributed by atoms with Gasteiger partial charge in [0, 0.05) is 46.2 Å². The fourth-order valence-corrected chi connectivity index (χ4v) is 7.02. The van der Waals surface area contributed by atoms with Gasteiger partial charge < -0.3 is 5.32 Å². The number of nitrogens with one attached hydrogen (secondary N) is 1. The van der Waals surface area contributed by atoms with E-state index in [1.54, 1.807) is 17.5 Å². The molecule has 0 saturated carbocycles. The van der Waals surface area contributed by atoms with E-state index < -0.39 is 10.0 Å². The number of pyridine rings is 1. The van der Waals surface area contributed by atoms with Crippen LogP contribution >= 0.6 is 22.9 Å². The Morgan fingerprint density at radius 1 is 1.06 bits per heavy atom. The topological polar surface area (TPSA) is 92.3 Å². The van der Waals surface area contributed by atoms with Crippen LogP contribution in [-0.2, 0) is 10.0 Å². The zero-order chi connectivity index (χ0) is 25.4. The maximum Gasteiger partial charge on any atom is 0.275 e. The molecule has 1 N–H and O–H groups in total. The number of amides is 1. The van der Waals surface area contributed by atoms with Crippen LogP contribution in [0, 0.1) is 13.8 Å². The predicted molar refractivity (Wildman–Crippen MR) is 143 cm³/mol. The number of sulfonamides is 1. The smallest absolute Gasteiger partial charge is 0.275 e. The molecule has 0 unspecified atom stereocenters. The summed E-state index contributed by atoms with van der Waals surface area (Å²) >= 11 is 7.59. The Hall–Kier alpha value is -2.85. The van der Waals surface area contributed by atoms with E-state index in [4.69, 9.17) is 11.6 Å². The van der Waals surface area contributed by atoms with Gasteiger partial charge in [0.15, 0.2) is 0 Å². The molecule has 5 rings (SSSR count). The largest absolute Gasteiger partial charge is 0.321 e. The summed E-state index contributed by atoms with van der Waals surface area (Å²) in [5.74, 6) is -0.159. The summed E-state index contributed by atoms with van der Waals surface area (Å²) in [5.41, 5.74) is 3.70. The first-order chi connectivity index (χ1) is 17.2. The Morgan fingerprint density at radius 3 is 2.58 bits per heavy atom. The number of hydrogen-bond acceptors (Lipinski definition) is 6. The number of anilines is 1. The zero-order valence-corrected chi connectivity index (χ0v) is 22.3. The molecule has 3 heterocycles. The van der Waals surface area contributed by atoms with Crippen molar-refractivity contribution in [2.75, 3.05) is 18.4 Å². The summed E-state index contributed by atoms with van der Waals surface area (Å²) in [7, 11) is -3.60. The molecule has 1 saturated heterocycles. The van der Waals surface area contributed by atoms with Crippen LogP contribution in [0.3, 0.4) is 0 Å². The minimum Gasteiger partial charge on any atom is -0.321 e. The summed E-state index contributed by atoms with van der Waals surface area (Å²) in [5, 5.41) is 6.92. The van der Waals surface area contributed by atoms with E-state index >= 15 is 0 Å². The number of nitrogens with zero attached hydrogens (tertiary/aromatic N) is 3. The van der Waals surface area contributed by atoms with Crippen LogP contribution in [0.1, 0.15) is 45.5 Å². The lowest BCUT2D eigenvalue weighted by molar-refractivity contribution is 0.102. The van der Waals surface area contributed by atoms with Crippen molar-refractivity contribution in [2.24, 2.45) is 0 Å². The fourth-order valence-electron chi connectivity index (χ4n) is 4.31.